The molecule has 1 aromatic heterocycles. The predicted octanol–water partition coefficient (Wildman–Crippen LogP) is 2.06. The highest BCUT2D eigenvalue weighted by molar-refractivity contribution is 8.07. The summed E-state index contributed by atoms with van der Waals surface area (Å²) in [6.45, 7) is 7.60. The molecule has 0 unspecified atom stereocenters. The highest BCUT2D eigenvalue weighted by Crippen LogP contribution is 2.29. The van der Waals surface area contributed by atoms with Crippen molar-refractivity contribution in [1.82, 2.24) is 4.98 Å². The van der Waals surface area contributed by atoms with E-state index in [4.69, 9.17) is 0 Å². The lowest BCUT2D eigenvalue weighted by Crippen LogP contribution is -2.27. The first kappa shape index (κ1) is 14.3. The average molecular weight is 281 g/mol. The molecular formula is C16H15N3S. The van der Waals surface area contributed by atoms with E-state index in [0.29, 0.717) is 0 Å². The molecule has 2 rings (SSSR count). The highest BCUT2D eigenvalue weighted by Gasteiger charge is 2.07. The van der Waals surface area contributed by atoms with Crippen molar-refractivity contribution in [3.05, 3.63) is 57.6 Å². The van der Waals surface area contributed by atoms with Gasteiger partial charge in [-0.2, -0.15) is 4.99 Å². The monoisotopic (exact) mass is 281 g/mol. The van der Waals surface area contributed by atoms with Crippen LogP contribution < -0.4 is 10.6 Å². The zero-order valence-electron chi connectivity index (χ0n) is 11.3. The largest absolute Gasteiger partial charge is 0.296 e. The molecule has 0 radical (unpaired) electrons. The molecule has 0 aromatic carbocycles. The van der Waals surface area contributed by atoms with E-state index in [1.807, 2.05) is 24.4 Å². The fourth-order valence-electron chi connectivity index (χ4n) is 1.83. The van der Waals surface area contributed by atoms with Crippen molar-refractivity contribution >= 4 is 36.0 Å². The van der Waals surface area contributed by atoms with E-state index in [9.17, 15) is 0 Å². The van der Waals surface area contributed by atoms with Crippen LogP contribution in [0.15, 0.2) is 57.0 Å². The fraction of sp³-hybridized carbons (Fsp3) is 0.125. The van der Waals surface area contributed by atoms with Crippen LogP contribution in [0.4, 0.5) is 0 Å². The second-order valence-electron chi connectivity index (χ2n) is 4.09. The topological polar surface area (TPSA) is 37.6 Å². The Labute approximate surface area is 122 Å². The number of aliphatic imine (C=N–C) groups is 2. The van der Waals surface area contributed by atoms with Gasteiger partial charge in [0, 0.05) is 29.9 Å². The summed E-state index contributed by atoms with van der Waals surface area (Å²) in [5.41, 5.74) is 1.01. The van der Waals surface area contributed by atoms with E-state index in [1.165, 1.54) is 11.8 Å². The highest BCUT2D eigenvalue weighted by atomic mass is 32.2. The van der Waals surface area contributed by atoms with Crippen molar-refractivity contribution in [3.8, 4) is 0 Å². The van der Waals surface area contributed by atoms with Crippen LogP contribution in [-0.2, 0) is 0 Å². The van der Waals surface area contributed by atoms with E-state index in [1.54, 1.807) is 13.2 Å². The average Bonchev–Trinajstić information content (AvgIpc) is 2.49. The van der Waals surface area contributed by atoms with Crippen LogP contribution in [0, 0.1) is 0 Å². The summed E-state index contributed by atoms with van der Waals surface area (Å²) in [5, 5.41) is 2.82. The third kappa shape index (κ3) is 3.44. The Kier molecular flexibility index (Phi) is 4.88. The van der Waals surface area contributed by atoms with Crippen LogP contribution >= 0.6 is 11.8 Å². The maximum absolute atomic E-state index is 4.38. The lowest BCUT2D eigenvalue weighted by molar-refractivity contribution is 1.21. The number of aromatic nitrogens is 1. The van der Waals surface area contributed by atoms with Gasteiger partial charge in [0.1, 0.15) is 5.03 Å². The molecule has 1 aromatic rings. The second kappa shape index (κ2) is 6.85. The first-order valence-corrected chi connectivity index (χ1v) is 6.94. The van der Waals surface area contributed by atoms with Crippen molar-refractivity contribution < 1.29 is 0 Å². The van der Waals surface area contributed by atoms with Gasteiger partial charge in [0.25, 0.3) is 0 Å². The van der Waals surface area contributed by atoms with Crippen LogP contribution in [0.2, 0.25) is 0 Å². The van der Waals surface area contributed by atoms with Gasteiger partial charge >= 0.3 is 0 Å². The van der Waals surface area contributed by atoms with E-state index in [-0.39, 0.29) is 0 Å². The zero-order chi connectivity index (χ0) is 14.4. The summed E-state index contributed by atoms with van der Waals surface area (Å²) >= 11 is 1.48. The standard InChI is InChI=1S/C16H15N3S/c1-4-18-16-14(11-17-3)8-7-13-6-5-9-19-15(13)10-12(2)20-16/h5-7,9-11H,1-2,8H2,3H3/b13-7-,15-10+,16-14+,17-11?. The van der Waals surface area contributed by atoms with Crippen molar-refractivity contribution in [3.63, 3.8) is 0 Å². The molecule has 0 bridgehead atoms. The first-order chi connectivity index (χ1) is 9.74. The normalized spacial score (nSPS) is 22.4. The number of hydrogen-bond acceptors (Lipinski definition) is 4. The van der Waals surface area contributed by atoms with Gasteiger partial charge in [-0.05, 0) is 36.2 Å². The van der Waals surface area contributed by atoms with E-state index in [0.717, 1.165) is 32.5 Å². The SMILES string of the molecule is C=C=N/C1=C(\C=NC)C/C=c2/cccn/c2=C/C(=C)S1. The number of allylic oxidation sites excluding steroid dienone is 2. The number of rotatable bonds is 2. The molecule has 0 saturated carbocycles. The summed E-state index contributed by atoms with van der Waals surface area (Å²) in [4.78, 5) is 13.6. The van der Waals surface area contributed by atoms with Gasteiger partial charge in [-0.3, -0.25) is 9.98 Å². The number of pyridine rings is 1. The molecule has 0 N–H and O–H groups in total. The molecule has 0 saturated heterocycles. The first-order valence-electron chi connectivity index (χ1n) is 6.12. The number of thioether (sulfide) groups is 1. The van der Waals surface area contributed by atoms with Crippen molar-refractivity contribution in [1.29, 1.82) is 0 Å². The molecule has 20 heavy (non-hydrogen) atoms. The molecule has 0 fully saturated rings. The molecule has 0 atom stereocenters. The Morgan fingerprint density at radius 3 is 3.10 bits per heavy atom. The van der Waals surface area contributed by atoms with Gasteiger partial charge in [0.05, 0.1) is 5.35 Å². The molecule has 1 aliphatic heterocycles. The Balaban J connectivity index is 2.64. The van der Waals surface area contributed by atoms with E-state index in [2.05, 4.69) is 40.1 Å². The second-order valence-corrected chi connectivity index (χ2v) is 5.20. The molecule has 0 spiro atoms. The number of hydrogen-bond donors (Lipinski definition) is 0. The van der Waals surface area contributed by atoms with Gasteiger partial charge in [0.15, 0.2) is 0 Å². The molecule has 0 aliphatic carbocycles. The summed E-state index contributed by atoms with van der Waals surface area (Å²) in [5.74, 6) is 2.59. The van der Waals surface area contributed by atoms with Gasteiger partial charge in [-0.25, -0.2) is 0 Å². The van der Waals surface area contributed by atoms with Crippen LogP contribution in [0.5, 0.6) is 0 Å². The van der Waals surface area contributed by atoms with Crippen LogP contribution in [0.1, 0.15) is 6.42 Å². The van der Waals surface area contributed by atoms with E-state index < -0.39 is 0 Å². The number of fused-ring (bicyclic) bond motifs is 1. The number of nitrogens with zero attached hydrogens (tertiary/aromatic N) is 3. The molecule has 4 heteroatoms. The Bertz CT molecular complexity index is 750. The lowest BCUT2D eigenvalue weighted by atomic mass is 10.2. The minimum Gasteiger partial charge on any atom is -0.296 e. The van der Waals surface area contributed by atoms with Gasteiger partial charge in [0.2, 0.25) is 0 Å². The fourth-order valence-corrected chi connectivity index (χ4v) is 2.63. The van der Waals surface area contributed by atoms with Gasteiger partial charge < -0.3 is 0 Å². The maximum Gasteiger partial charge on any atom is 0.116 e. The van der Waals surface area contributed by atoms with Crippen molar-refractivity contribution in [2.24, 2.45) is 9.98 Å². The Morgan fingerprint density at radius 1 is 1.50 bits per heavy atom. The predicted molar refractivity (Wildman–Crippen MR) is 88.3 cm³/mol. The summed E-state index contributed by atoms with van der Waals surface area (Å²) in [6.07, 6.45) is 8.40. The van der Waals surface area contributed by atoms with Crippen molar-refractivity contribution in [2.75, 3.05) is 7.05 Å². The molecule has 0 amide bonds. The minimum absolute atomic E-state index is 0.727. The zero-order valence-corrected chi connectivity index (χ0v) is 12.2. The molecule has 3 nitrogen and oxygen atoms in total. The van der Waals surface area contributed by atoms with Crippen molar-refractivity contribution in [2.45, 2.75) is 6.42 Å². The minimum atomic E-state index is 0.727. The summed E-state index contributed by atoms with van der Waals surface area (Å²) < 4.78 is 0. The third-order valence-corrected chi connectivity index (χ3v) is 3.61. The Morgan fingerprint density at radius 2 is 2.35 bits per heavy atom. The summed E-state index contributed by atoms with van der Waals surface area (Å²) in [6, 6.07) is 3.97. The summed E-state index contributed by atoms with van der Waals surface area (Å²) in [7, 11) is 1.75. The van der Waals surface area contributed by atoms with Gasteiger partial charge in [-0.1, -0.05) is 30.5 Å². The molecule has 100 valence electrons. The smallest absolute Gasteiger partial charge is 0.116 e. The Hall–Kier alpha value is -2.16. The molecule has 1 aliphatic rings. The van der Waals surface area contributed by atoms with Gasteiger partial charge in [-0.15, -0.1) is 0 Å². The maximum atomic E-state index is 4.38. The third-order valence-electron chi connectivity index (χ3n) is 2.68. The molecular weight excluding hydrogens is 266 g/mol. The van der Waals surface area contributed by atoms with Crippen LogP contribution in [0.25, 0.3) is 12.2 Å². The van der Waals surface area contributed by atoms with E-state index >= 15 is 0 Å². The molecule has 2 heterocycles. The van der Waals surface area contributed by atoms with Crippen LogP contribution in [0.3, 0.4) is 0 Å². The quantitative estimate of drug-likeness (QED) is 0.778. The lowest BCUT2D eigenvalue weighted by Gasteiger charge is -2.04. The van der Waals surface area contributed by atoms with Crippen LogP contribution in [-0.4, -0.2) is 24.1 Å².